The number of nitrogens with two attached hydrogens (primary N) is 1. The van der Waals surface area contributed by atoms with E-state index in [9.17, 15) is 18.0 Å². The van der Waals surface area contributed by atoms with Gasteiger partial charge in [0.1, 0.15) is 6.33 Å². The molecule has 0 aliphatic carbocycles. The number of anilines is 1. The van der Waals surface area contributed by atoms with E-state index in [2.05, 4.69) is 15.4 Å². The molecule has 2 amide bonds. The first-order chi connectivity index (χ1) is 11.8. The highest BCUT2D eigenvalue weighted by molar-refractivity contribution is 5.88. The first-order valence-electron chi connectivity index (χ1n) is 7.09. The minimum absolute atomic E-state index is 0.394. The van der Waals surface area contributed by atoms with Crippen molar-refractivity contribution in [3.05, 3.63) is 60.4 Å². The molecule has 3 aromatic rings. The Hall–Kier alpha value is -3.36. The van der Waals surface area contributed by atoms with Crippen molar-refractivity contribution in [3.8, 4) is 17.1 Å². The second-order valence-electron chi connectivity index (χ2n) is 5.12. The van der Waals surface area contributed by atoms with E-state index in [1.165, 1.54) is 23.1 Å². The van der Waals surface area contributed by atoms with Crippen LogP contribution in [-0.2, 0) is 6.18 Å². The van der Waals surface area contributed by atoms with Crippen LogP contribution in [0.3, 0.4) is 0 Å². The van der Waals surface area contributed by atoms with E-state index in [0.717, 1.165) is 12.1 Å². The number of halogens is 3. The zero-order valence-corrected chi connectivity index (χ0v) is 12.7. The van der Waals surface area contributed by atoms with Crippen LogP contribution < -0.4 is 11.1 Å². The Bertz CT molecular complexity index is 885. The number of hydrogen-bond acceptors (Lipinski definition) is 3. The molecule has 6 nitrogen and oxygen atoms in total. The fourth-order valence-corrected chi connectivity index (χ4v) is 2.17. The molecule has 1 heterocycles. The number of hydrogen-bond donors (Lipinski definition) is 2. The third kappa shape index (κ3) is 3.77. The van der Waals surface area contributed by atoms with Crippen LogP contribution in [0.25, 0.3) is 17.1 Å². The molecule has 0 saturated heterocycles. The van der Waals surface area contributed by atoms with Crippen LogP contribution in [0, 0.1) is 0 Å². The molecule has 0 fully saturated rings. The van der Waals surface area contributed by atoms with Gasteiger partial charge in [-0.1, -0.05) is 0 Å². The molecular weight excluding hydrogens is 335 g/mol. The molecule has 3 N–H and O–H groups in total. The SMILES string of the molecule is NC(=O)Nc1ccc(-c2ncn(-c3ccc(C(F)(F)F)cc3)n2)cc1. The van der Waals surface area contributed by atoms with Crippen LogP contribution >= 0.6 is 0 Å². The molecule has 0 unspecified atom stereocenters. The molecule has 0 aliphatic heterocycles. The zero-order valence-electron chi connectivity index (χ0n) is 12.7. The smallest absolute Gasteiger partial charge is 0.351 e. The first kappa shape index (κ1) is 16.5. The van der Waals surface area contributed by atoms with Crippen LogP contribution in [0.15, 0.2) is 54.9 Å². The average Bonchev–Trinajstić information content (AvgIpc) is 3.04. The third-order valence-electron chi connectivity index (χ3n) is 3.36. The maximum atomic E-state index is 12.6. The van der Waals surface area contributed by atoms with E-state index in [-0.39, 0.29) is 0 Å². The number of rotatable bonds is 3. The summed E-state index contributed by atoms with van der Waals surface area (Å²) in [4.78, 5) is 14.9. The van der Waals surface area contributed by atoms with Crippen LogP contribution in [0.5, 0.6) is 0 Å². The van der Waals surface area contributed by atoms with E-state index in [1.54, 1.807) is 24.3 Å². The molecule has 25 heavy (non-hydrogen) atoms. The number of urea groups is 1. The Morgan fingerprint density at radius 1 is 1.04 bits per heavy atom. The number of aromatic nitrogens is 3. The first-order valence-corrected chi connectivity index (χ1v) is 7.09. The third-order valence-corrected chi connectivity index (χ3v) is 3.36. The highest BCUT2D eigenvalue weighted by Crippen LogP contribution is 2.29. The molecule has 0 spiro atoms. The van der Waals surface area contributed by atoms with Crippen LogP contribution in [0.1, 0.15) is 5.56 Å². The van der Waals surface area contributed by atoms with Gasteiger partial charge >= 0.3 is 12.2 Å². The lowest BCUT2D eigenvalue weighted by atomic mass is 10.2. The van der Waals surface area contributed by atoms with E-state index in [1.807, 2.05) is 0 Å². The van der Waals surface area contributed by atoms with Gasteiger partial charge in [0.15, 0.2) is 5.82 Å². The lowest BCUT2D eigenvalue weighted by Crippen LogP contribution is -2.19. The Kier molecular flexibility index (Phi) is 4.14. The fourth-order valence-electron chi connectivity index (χ4n) is 2.17. The summed E-state index contributed by atoms with van der Waals surface area (Å²) in [6.45, 7) is 0. The molecule has 0 radical (unpaired) electrons. The van der Waals surface area contributed by atoms with Crippen molar-refractivity contribution >= 4 is 11.7 Å². The summed E-state index contributed by atoms with van der Waals surface area (Å²) < 4.78 is 39.2. The predicted molar refractivity (Wildman–Crippen MR) is 85.0 cm³/mol. The van der Waals surface area contributed by atoms with E-state index in [4.69, 9.17) is 5.73 Å². The van der Waals surface area contributed by atoms with Crippen molar-refractivity contribution in [1.82, 2.24) is 14.8 Å². The summed E-state index contributed by atoms with van der Waals surface area (Å²) in [5.41, 5.74) is 5.97. The Morgan fingerprint density at radius 3 is 2.24 bits per heavy atom. The second-order valence-corrected chi connectivity index (χ2v) is 5.12. The monoisotopic (exact) mass is 347 g/mol. The minimum atomic E-state index is -4.38. The normalized spacial score (nSPS) is 11.3. The van der Waals surface area contributed by atoms with Crippen molar-refractivity contribution in [2.45, 2.75) is 6.18 Å². The molecule has 1 aromatic heterocycles. The number of nitrogens with one attached hydrogen (secondary N) is 1. The standard InChI is InChI=1S/C16H12F3N5O/c17-16(18,19)11-3-7-13(8-4-11)24-9-21-14(23-24)10-1-5-12(6-2-10)22-15(20)25/h1-9H,(H3,20,22,25). The summed E-state index contributed by atoms with van der Waals surface area (Å²) in [7, 11) is 0. The highest BCUT2D eigenvalue weighted by atomic mass is 19.4. The van der Waals surface area contributed by atoms with Gasteiger partial charge in [0.2, 0.25) is 0 Å². The largest absolute Gasteiger partial charge is 0.416 e. The van der Waals surface area contributed by atoms with Crippen molar-refractivity contribution in [2.75, 3.05) is 5.32 Å². The highest BCUT2D eigenvalue weighted by Gasteiger charge is 2.30. The summed E-state index contributed by atoms with van der Waals surface area (Å²) in [5.74, 6) is 0.394. The van der Waals surface area contributed by atoms with Crippen LogP contribution in [0.2, 0.25) is 0 Å². The van der Waals surface area contributed by atoms with Gasteiger partial charge in [-0.05, 0) is 48.5 Å². The molecular formula is C16H12F3N5O. The summed E-state index contributed by atoms with van der Waals surface area (Å²) in [6, 6.07) is 10.6. The van der Waals surface area contributed by atoms with Crippen molar-refractivity contribution in [3.63, 3.8) is 0 Å². The predicted octanol–water partition coefficient (Wildman–Crippen LogP) is 3.44. The fraction of sp³-hybridized carbons (Fsp3) is 0.0625. The molecule has 0 saturated carbocycles. The van der Waals surface area contributed by atoms with Crippen LogP contribution in [-0.4, -0.2) is 20.8 Å². The topological polar surface area (TPSA) is 85.8 Å². The molecule has 0 atom stereocenters. The maximum absolute atomic E-state index is 12.6. The minimum Gasteiger partial charge on any atom is -0.351 e. The van der Waals surface area contributed by atoms with Gasteiger partial charge in [0, 0.05) is 11.3 Å². The quantitative estimate of drug-likeness (QED) is 0.761. The Labute approximate surface area is 140 Å². The van der Waals surface area contributed by atoms with E-state index < -0.39 is 17.8 Å². The lowest BCUT2D eigenvalue weighted by molar-refractivity contribution is -0.137. The Morgan fingerprint density at radius 2 is 1.68 bits per heavy atom. The molecule has 3 rings (SSSR count). The van der Waals surface area contributed by atoms with E-state index in [0.29, 0.717) is 22.8 Å². The maximum Gasteiger partial charge on any atom is 0.416 e. The second kappa shape index (κ2) is 6.27. The summed E-state index contributed by atoms with van der Waals surface area (Å²) >= 11 is 0. The molecule has 0 aliphatic rings. The van der Waals surface area contributed by atoms with E-state index >= 15 is 0 Å². The number of carbonyl (C=O) groups excluding carboxylic acids is 1. The number of alkyl halides is 3. The number of amides is 2. The summed E-state index contributed by atoms with van der Waals surface area (Å²) in [6.07, 6.45) is -2.97. The van der Waals surface area contributed by atoms with Gasteiger partial charge < -0.3 is 11.1 Å². The van der Waals surface area contributed by atoms with Crippen LogP contribution in [0.4, 0.5) is 23.7 Å². The average molecular weight is 347 g/mol. The summed E-state index contributed by atoms with van der Waals surface area (Å²) in [5, 5.41) is 6.68. The number of benzene rings is 2. The Balaban J connectivity index is 1.81. The lowest BCUT2D eigenvalue weighted by Gasteiger charge is -2.07. The number of carbonyl (C=O) groups is 1. The zero-order chi connectivity index (χ0) is 18.0. The van der Waals surface area contributed by atoms with Crippen molar-refractivity contribution in [2.24, 2.45) is 5.73 Å². The van der Waals surface area contributed by atoms with Gasteiger partial charge in [-0.25, -0.2) is 14.5 Å². The van der Waals surface area contributed by atoms with Crippen molar-refractivity contribution in [1.29, 1.82) is 0 Å². The molecule has 0 bridgehead atoms. The number of nitrogens with zero attached hydrogens (tertiary/aromatic N) is 3. The van der Waals surface area contributed by atoms with Gasteiger partial charge in [-0.3, -0.25) is 0 Å². The van der Waals surface area contributed by atoms with Gasteiger partial charge in [0.05, 0.1) is 11.3 Å². The number of primary amides is 1. The van der Waals surface area contributed by atoms with Gasteiger partial charge in [-0.15, -0.1) is 5.10 Å². The van der Waals surface area contributed by atoms with Gasteiger partial charge in [-0.2, -0.15) is 13.2 Å². The van der Waals surface area contributed by atoms with Gasteiger partial charge in [0.25, 0.3) is 0 Å². The molecule has 2 aromatic carbocycles. The molecule has 128 valence electrons. The molecule has 9 heteroatoms. The van der Waals surface area contributed by atoms with Crippen molar-refractivity contribution < 1.29 is 18.0 Å².